The van der Waals surface area contributed by atoms with Crippen LogP contribution in [0.5, 0.6) is 0 Å². The highest BCUT2D eigenvalue weighted by Crippen LogP contribution is 2.23. The van der Waals surface area contributed by atoms with Crippen molar-refractivity contribution in [1.82, 2.24) is 10.6 Å². The van der Waals surface area contributed by atoms with Crippen LogP contribution in [0.1, 0.15) is 25.8 Å². The van der Waals surface area contributed by atoms with Crippen LogP contribution in [0, 0.1) is 11.7 Å². The Kier molecular flexibility index (Phi) is 5.85. The molecule has 0 bridgehead atoms. The molecule has 1 unspecified atom stereocenters. The molecule has 1 aliphatic rings. The van der Waals surface area contributed by atoms with Gasteiger partial charge in [0.15, 0.2) is 15.8 Å². The van der Waals surface area contributed by atoms with E-state index in [4.69, 9.17) is 0 Å². The van der Waals surface area contributed by atoms with E-state index in [1.807, 2.05) is 19.9 Å². The number of halogens is 1. The third-order valence-corrected chi connectivity index (χ3v) is 6.25. The number of benzene rings is 1. The number of guanidine groups is 1. The molecule has 0 amide bonds. The lowest BCUT2D eigenvalue weighted by molar-refractivity contribution is 0.499. The zero-order valence-corrected chi connectivity index (χ0v) is 15.3. The van der Waals surface area contributed by atoms with Crippen LogP contribution in [0.4, 0.5) is 4.39 Å². The van der Waals surface area contributed by atoms with Crippen molar-refractivity contribution in [3.8, 4) is 0 Å². The molecule has 2 rings (SSSR count). The molecule has 24 heavy (non-hydrogen) atoms. The Hall–Kier alpha value is -1.63. The third-order valence-electron chi connectivity index (χ3n) is 4.41. The summed E-state index contributed by atoms with van der Waals surface area (Å²) in [7, 11) is -1.19. The fourth-order valence-corrected chi connectivity index (χ4v) is 4.67. The Bertz CT molecular complexity index is 702. The Morgan fingerprint density at radius 3 is 2.71 bits per heavy atom. The van der Waals surface area contributed by atoms with Crippen molar-refractivity contribution < 1.29 is 12.8 Å². The molecule has 0 aliphatic carbocycles. The zero-order valence-electron chi connectivity index (χ0n) is 14.5. The van der Waals surface area contributed by atoms with Crippen LogP contribution in [-0.2, 0) is 15.3 Å². The maximum Gasteiger partial charge on any atom is 0.191 e. The smallest absolute Gasteiger partial charge is 0.191 e. The molecule has 1 aliphatic heterocycles. The molecule has 1 saturated heterocycles. The normalized spacial score (nSPS) is 20.8. The van der Waals surface area contributed by atoms with E-state index < -0.39 is 9.84 Å². The summed E-state index contributed by atoms with van der Waals surface area (Å²) in [4.78, 5) is 4.17. The molecule has 7 heteroatoms. The summed E-state index contributed by atoms with van der Waals surface area (Å²) in [6, 6.07) is 6.59. The second-order valence-electron chi connectivity index (χ2n) is 6.97. The maximum atomic E-state index is 13.4. The quantitative estimate of drug-likeness (QED) is 0.623. The Labute approximate surface area is 143 Å². The summed E-state index contributed by atoms with van der Waals surface area (Å²) in [5.74, 6) is 1.03. The minimum atomic E-state index is -2.86. The first kappa shape index (κ1) is 18.7. The van der Waals surface area contributed by atoms with Crippen molar-refractivity contribution in [3.63, 3.8) is 0 Å². The van der Waals surface area contributed by atoms with E-state index >= 15 is 0 Å². The molecule has 2 N–H and O–H groups in total. The van der Waals surface area contributed by atoms with Crippen molar-refractivity contribution >= 4 is 15.8 Å². The molecule has 134 valence electrons. The van der Waals surface area contributed by atoms with Gasteiger partial charge in [-0.25, -0.2) is 12.8 Å². The molecule has 1 fully saturated rings. The topological polar surface area (TPSA) is 70.6 Å². The number of aliphatic imine (C=N–C) groups is 1. The second-order valence-corrected chi connectivity index (χ2v) is 9.20. The van der Waals surface area contributed by atoms with Gasteiger partial charge in [0.1, 0.15) is 5.82 Å². The number of hydrogen-bond acceptors (Lipinski definition) is 3. The molecule has 1 atom stereocenters. The number of sulfone groups is 1. The van der Waals surface area contributed by atoms with Crippen LogP contribution in [0.3, 0.4) is 0 Å². The minimum absolute atomic E-state index is 0.129. The van der Waals surface area contributed by atoms with Crippen molar-refractivity contribution in [1.29, 1.82) is 0 Å². The first-order chi connectivity index (χ1) is 11.2. The first-order valence-corrected chi connectivity index (χ1v) is 9.95. The largest absolute Gasteiger partial charge is 0.356 e. The van der Waals surface area contributed by atoms with Gasteiger partial charge < -0.3 is 10.6 Å². The van der Waals surface area contributed by atoms with Gasteiger partial charge in [-0.1, -0.05) is 26.0 Å². The van der Waals surface area contributed by atoms with Crippen LogP contribution in [0.25, 0.3) is 0 Å². The van der Waals surface area contributed by atoms with Crippen molar-refractivity contribution in [3.05, 3.63) is 35.6 Å². The third kappa shape index (κ3) is 5.19. The lowest BCUT2D eigenvalue weighted by Crippen LogP contribution is -2.44. The van der Waals surface area contributed by atoms with Crippen molar-refractivity contribution in [2.75, 3.05) is 31.6 Å². The number of nitrogens with zero attached hydrogens (tertiary/aromatic N) is 1. The van der Waals surface area contributed by atoms with Gasteiger partial charge in [-0.2, -0.15) is 0 Å². The fourth-order valence-electron chi connectivity index (χ4n) is 2.81. The second kappa shape index (κ2) is 7.51. The van der Waals surface area contributed by atoms with Gasteiger partial charge in [-0.15, -0.1) is 0 Å². The van der Waals surface area contributed by atoms with Gasteiger partial charge in [0.2, 0.25) is 0 Å². The van der Waals surface area contributed by atoms with Gasteiger partial charge in [0, 0.05) is 25.6 Å². The molecule has 0 radical (unpaired) electrons. The highest BCUT2D eigenvalue weighted by atomic mass is 32.2. The van der Waals surface area contributed by atoms with Crippen molar-refractivity contribution in [2.45, 2.75) is 25.7 Å². The number of nitrogens with one attached hydrogen (secondary N) is 2. The van der Waals surface area contributed by atoms with E-state index in [2.05, 4.69) is 15.6 Å². The van der Waals surface area contributed by atoms with Gasteiger partial charge in [0.25, 0.3) is 0 Å². The highest BCUT2D eigenvalue weighted by Gasteiger charge is 2.28. The Morgan fingerprint density at radius 1 is 1.38 bits per heavy atom. The Balaban J connectivity index is 1.87. The predicted octanol–water partition coefficient (Wildman–Crippen LogP) is 1.70. The van der Waals surface area contributed by atoms with E-state index in [0.717, 1.165) is 5.56 Å². The molecule has 1 heterocycles. The van der Waals surface area contributed by atoms with E-state index in [9.17, 15) is 12.8 Å². The van der Waals surface area contributed by atoms with Gasteiger partial charge >= 0.3 is 0 Å². The summed E-state index contributed by atoms with van der Waals surface area (Å²) >= 11 is 0. The van der Waals surface area contributed by atoms with E-state index in [0.29, 0.717) is 25.5 Å². The highest BCUT2D eigenvalue weighted by molar-refractivity contribution is 7.91. The monoisotopic (exact) mass is 355 g/mol. The maximum absolute atomic E-state index is 13.4. The van der Waals surface area contributed by atoms with Gasteiger partial charge in [0.05, 0.1) is 11.5 Å². The van der Waals surface area contributed by atoms with Gasteiger partial charge in [-0.3, -0.25) is 4.99 Å². The Morgan fingerprint density at radius 2 is 2.12 bits per heavy atom. The summed E-state index contributed by atoms with van der Waals surface area (Å²) in [6.07, 6.45) is 0.696. The van der Waals surface area contributed by atoms with E-state index in [1.54, 1.807) is 19.2 Å². The van der Waals surface area contributed by atoms with Crippen LogP contribution < -0.4 is 10.6 Å². The lowest BCUT2D eigenvalue weighted by Gasteiger charge is -2.27. The summed E-state index contributed by atoms with van der Waals surface area (Å²) < 4.78 is 36.4. The average molecular weight is 355 g/mol. The minimum Gasteiger partial charge on any atom is -0.356 e. The van der Waals surface area contributed by atoms with E-state index in [-0.39, 0.29) is 28.7 Å². The molecule has 5 nitrogen and oxygen atoms in total. The molecule has 1 aromatic carbocycles. The molecule has 0 saturated carbocycles. The van der Waals surface area contributed by atoms with Crippen molar-refractivity contribution in [2.24, 2.45) is 10.9 Å². The van der Waals surface area contributed by atoms with E-state index in [1.165, 1.54) is 6.07 Å². The standard InChI is InChI=1S/C17H26FN3O2S/c1-17(2,14-5-4-6-15(18)9-14)12-21-16(19-3)20-10-13-7-8-24(22,23)11-13/h4-6,9,13H,7-8,10-12H2,1-3H3,(H2,19,20,21). The molecular formula is C17H26FN3O2S. The van der Waals surface area contributed by atoms with Crippen LogP contribution in [-0.4, -0.2) is 46.0 Å². The SMILES string of the molecule is CN=C(NCC1CCS(=O)(=O)C1)NCC(C)(C)c1cccc(F)c1. The molecule has 1 aromatic rings. The number of rotatable bonds is 5. The average Bonchev–Trinajstić information content (AvgIpc) is 2.86. The van der Waals surface area contributed by atoms with Gasteiger partial charge in [-0.05, 0) is 30.0 Å². The van der Waals surface area contributed by atoms with Crippen LogP contribution >= 0.6 is 0 Å². The fraction of sp³-hybridized carbons (Fsp3) is 0.588. The number of hydrogen-bond donors (Lipinski definition) is 2. The molecule has 0 aromatic heterocycles. The summed E-state index contributed by atoms with van der Waals surface area (Å²) in [5, 5.41) is 6.42. The summed E-state index contributed by atoms with van der Waals surface area (Å²) in [6.45, 7) is 5.23. The van der Waals surface area contributed by atoms with Crippen LogP contribution in [0.2, 0.25) is 0 Å². The zero-order chi connectivity index (χ0) is 17.8. The predicted molar refractivity (Wildman–Crippen MR) is 95.6 cm³/mol. The molecule has 0 spiro atoms. The summed E-state index contributed by atoms with van der Waals surface area (Å²) in [5.41, 5.74) is 0.642. The first-order valence-electron chi connectivity index (χ1n) is 8.13. The lowest BCUT2D eigenvalue weighted by atomic mass is 9.84. The van der Waals surface area contributed by atoms with Crippen LogP contribution in [0.15, 0.2) is 29.3 Å². The molecular weight excluding hydrogens is 329 g/mol.